The Morgan fingerprint density at radius 1 is 1.00 bits per heavy atom. The highest BCUT2D eigenvalue weighted by Crippen LogP contribution is 2.38. The quantitative estimate of drug-likeness (QED) is 0.908. The molecular formula is C17H18O3. The minimum absolute atomic E-state index is 0.0883. The van der Waals surface area contributed by atoms with Gasteiger partial charge in [-0.25, -0.2) is 0 Å². The van der Waals surface area contributed by atoms with E-state index >= 15 is 0 Å². The van der Waals surface area contributed by atoms with E-state index < -0.39 is 5.79 Å². The van der Waals surface area contributed by atoms with Crippen LogP contribution in [0.25, 0.3) is 0 Å². The molecule has 20 heavy (non-hydrogen) atoms. The second-order valence-corrected chi connectivity index (χ2v) is 5.40. The van der Waals surface area contributed by atoms with Crippen molar-refractivity contribution in [3.8, 4) is 11.5 Å². The van der Waals surface area contributed by atoms with Gasteiger partial charge in [-0.15, -0.1) is 0 Å². The summed E-state index contributed by atoms with van der Waals surface area (Å²) in [5, 5.41) is 10.7. The zero-order valence-electron chi connectivity index (χ0n) is 11.7. The first-order valence-electron chi connectivity index (χ1n) is 6.82. The molecule has 3 nitrogen and oxygen atoms in total. The van der Waals surface area contributed by atoms with Crippen LogP contribution in [0, 0.1) is 0 Å². The fourth-order valence-electron chi connectivity index (χ4n) is 2.31. The van der Waals surface area contributed by atoms with Crippen LogP contribution in [0.4, 0.5) is 0 Å². The first-order valence-corrected chi connectivity index (χ1v) is 6.82. The second kappa shape index (κ2) is 4.84. The van der Waals surface area contributed by atoms with E-state index in [1.54, 1.807) is 6.07 Å². The largest absolute Gasteiger partial charge is 0.482 e. The molecule has 0 radical (unpaired) electrons. The van der Waals surface area contributed by atoms with Gasteiger partial charge in [-0.1, -0.05) is 50.2 Å². The molecule has 104 valence electrons. The molecule has 0 spiro atoms. The number of fused-ring (bicyclic) bond motifs is 1. The lowest BCUT2D eigenvalue weighted by molar-refractivity contribution is -0.182. The number of para-hydroxylation sites is 2. The van der Waals surface area contributed by atoms with Crippen LogP contribution < -0.4 is 9.47 Å². The van der Waals surface area contributed by atoms with E-state index in [9.17, 15) is 5.11 Å². The Kier molecular flexibility index (Phi) is 3.14. The minimum atomic E-state index is -1.43. The molecule has 0 amide bonds. The Hall–Kier alpha value is -2.00. The third-order valence-corrected chi connectivity index (χ3v) is 3.58. The van der Waals surface area contributed by atoms with Crippen LogP contribution in [-0.2, 0) is 5.79 Å². The van der Waals surface area contributed by atoms with Crippen molar-refractivity contribution < 1.29 is 14.6 Å². The molecule has 2 aromatic carbocycles. The van der Waals surface area contributed by atoms with Gasteiger partial charge in [0.2, 0.25) is 0 Å². The van der Waals surface area contributed by atoms with Crippen molar-refractivity contribution in [3.63, 3.8) is 0 Å². The Bertz CT molecular complexity index is 604. The van der Waals surface area contributed by atoms with Gasteiger partial charge in [0.15, 0.2) is 18.1 Å². The molecule has 3 heteroatoms. The summed E-state index contributed by atoms with van der Waals surface area (Å²) in [5.74, 6) is 0.261. The van der Waals surface area contributed by atoms with Gasteiger partial charge < -0.3 is 14.6 Å². The maximum atomic E-state index is 10.7. The van der Waals surface area contributed by atoms with Gasteiger partial charge in [-0.2, -0.15) is 0 Å². The highest BCUT2D eigenvalue weighted by Gasteiger charge is 2.37. The summed E-state index contributed by atoms with van der Waals surface area (Å²) in [6.45, 7) is 4.37. The monoisotopic (exact) mass is 270 g/mol. The third kappa shape index (κ3) is 2.25. The molecule has 1 heterocycles. The van der Waals surface area contributed by atoms with Crippen LogP contribution in [0.15, 0.2) is 48.5 Å². The Balaban J connectivity index is 1.90. The molecule has 1 aliphatic heterocycles. The van der Waals surface area contributed by atoms with Crippen LogP contribution in [0.1, 0.15) is 30.9 Å². The zero-order chi connectivity index (χ0) is 14.2. The van der Waals surface area contributed by atoms with Crippen LogP contribution in [0.2, 0.25) is 0 Å². The fraction of sp³-hybridized carbons (Fsp3) is 0.294. The summed E-state index contributed by atoms with van der Waals surface area (Å²) < 4.78 is 11.3. The van der Waals surface area contributed by atoms with Crippen molar-refractivity contribution in [3.05, 3.63) is 59.7 Å². The van der Waals surface area contributed by atoms with Gasteiger partial charge >= 0.3 is 0 Å². The average Bonchev–Trinajstić information content (AvgIpc) is 2.47. The number of hydrogen-bond donors (Lipinski definition) is 1. The molecule has 0 bridgehead atoms. The number of aliphatic hydroxyl groups is 1. The van der Waals surface area contributed by atoms with E-state index in [2.05, 4.69) is 13.8 Å². The maximum absolute atomic E-state index is 10.7. The van der Waals surface area contributed by atoms with Gasteiger partial charge in [0, 0.05) is 5.56 Å². The second-order valence-electron chi connectivity index (χ2n) is 5.40. The molecule has 0 saturated heterocycles. The van der Waals surface area contributed by atoms with Gasteiger partial charge in [0.25, 0.3) is 5.79 Å². The molecule has 0 saturated carbocycles. The summed E-state index contributed by atoms with van der Waals surface area (Å²) in [6, 6.07) is 15.2. The van der Waals surface area contributed by atoms with Crippen molar-refractivity contribution in [2.75, 3.05) is 6.61 Å². The van der Waals surface area contributed by atoms with Gasteiger partial charge in [-0.05, 0) is 23.6 Å². The molecule has 0 aromatic heterocycles. The molecule has 0 fully saturated rings. The molecule has 1 aliphatic rings. The summed E-state index contributed by atoms with van der Waals surface area (Å²) in [5.41, 5.74) is 1.94. The summed E-state index contributed by atoms with van der Waals surface area (Å²) in [4.78, 5) is 0. The number of hydrogen-bond acceptors (Lipinski definition) is 3. The van der Waals surface area contributed by atoms with E-state index in [0.717, 1.165) is 0 Å². The third-order valence-electron chi connectivity index (χ3n) is 3.58. The average molecular weight is 270 g/mol. The minimum Gasteiger partial charge on any atom is -0.482 e. The first-order chi connectivity index (χ1) is 9.58. The molecule has 2 aromatic rings. The Morgan fingerprint density at radius 2 is 1.65 bits per heavy atom. The zero-order valence-corrected chi connectivity index (χ0v) is 11.7. The van der Waals surface area contributed by atoms with E-state index in [-0.39, 0.29) is 6.61 Å². The van der Waals surface area contributed by atoms with Crippen LogP contribution in [0.5, 0.6) is 11.5 Å². The Morgan fingerprint density at radius 3 is 2.30 bits per heavy atom. The predicted octanol–water partition coefficient (Wildman–Crippen LogP) is 3.43. The predicted molar refractivity (Wildman–Crippen MR) is 77.0 cm³/mol. The standard InChI is InChI=1S/C17H18O3/c1-12(2)13-7-9-14(10-8-13)17(18)11-19-15-5-3-4-6-16(15)20-17/h3-10,12,18H,11H2,1-2H3. The lowest BCUT2D eigenvalue weighted by Crippen LogP contribution is -2.42. The van der Waals surface area contributed by atoms with E-state index in [1.165, 1.54) is 5.56 Å². The highest BCUT2D eigenvalue weighted by molar-refractivity contribution is 5.42. The number of rotatable bonds is 2. The SMILES string of the molecule is CC(C)c1ccc(C2(O)COc3ccccc3O2)cc1. The van der Waals surface area contributed by atoms with E-state index in [0.29, 0.717) is 23.0 Å². The van der Waals surface area contributed by atoms with Crippen molar-refractivity contribution in [1.29, 1.82) is 0 Å². The normalized spacial score (nSPS) is 21.0. The van der Waals surface area contributed by atoms with E-state index in [1.807, 2.05) is 42.5 Å². The van der Waals surface area contributed by atoms with Crippen molar-refractivity contribution in [1.82, 2.24) is 0 Å². The van der Waals surface area contributed by atoms with Crippen molar-refractivity contribution >= 4 is 0 Å². The summed E-state index contributed by atoms with van der Waals surface area (Å²) >= 11 is 0. The molecule has 3 rings (SSSR count). The first kappa shape index (κ1) is 13.0. The molecule has 1 N–H and O–H groups in total. The van der Waals surface area contributed by atoms with Gasteiger partial charge in [0.05, 0.1) is 0 Å². The Labute approximate surface area is 118 Å². The smallest absolute Gasteiger partial charge is 0.269 e. The number of benzene rings is 2. The lowest BCUT2D eigenvalue weighted by Gasteiger charge is -2.34. The van der Waals surface area contributed by atoms with Crippen molar-refractivity contribution in [2.24, 2.45) is 0 Å². The van der Waals surface area contributed by atoms with E-state index in [4.69, 9.17) is 9.47 Å². The van der Waals surface area contributed by atoms with Gasteiger partial charge in [-0.3, -0.25) is 0 Å². The van der Waals surface area contributed by atoms with Crippen LogP contribution in [0.3, 0.4) is 0 Å². The van der Waals surface area contributed by atoms with Crippen LogP contribution in [-0.4, -0.2) is 11.7 Å². The fourth-order valence-corrected chi connectivity index (χ4v) is 2.31. The maximum Gasteiger partial charge on any atom is 0.269 e. The van der Waals surface area contributed by atoms with Crippen molar-refractivity contribution in [2.45, 2.75) is 25.6 Å². The number of ether oxygens (including phenoxy) is 2. The summed E-state index contributed by atoms with van der Waals surface area (Å²) in [7, 11) is 0. The highest BCUT2D eigenvalue weighted by atomic mass is 16.7. The molecule has 1 unspecified atom stereocenters. The summed E-state index contributed by atoms with van der Waals surface area (Å²) in [6.07, 6.45) is 0. The van der Waals surface area contributed by atoms with Gasteiger partial charge in [0.1, 0.15) is 0 Å². The molecule has 0 aliphatic carbocycles. The molecule has 1 atom stereocenters. The lowest BCUT2D eigenvalue weighted by atomic mass is 9.98. The van der Waals surface area contributed by atoms with Crippen LogP contribution >= 0.6 is 0 Å². The topological polar surface area (TPSA) is 38.7 Å². The molecular weight excluding hydrogens is 252 g/mol.